The van der Waals surface area contributed by atoms with Gasteiger partial charge in [-0.25, -0.2) is 0 Å². The van der Waals surface area contributed by atoms with Gasteiger partial charge in [0.2, 0.25) is 0 Å². The summed E-state index contributed by atoms with van der Waals surface area (Å²) in [4.78, 5) is 0. The predicted octanol–water partition coefficient (Wildman–Crippen LogP) is 16.3. The Bertz CT molecular complexity index is 3930. The largest absolute Gasteiger partial charge is 1.00 e. The minimum Gasteiger partial charge on any atom is -1.00 e. The molecular formula is C88H104Cl2Si2Zr2-2. The Morgan fingerprint density at radius 2 is 0.404 bits per heavy atom. The molecule has 94 heavy (non-hydrogen) atoms. The third-order valence-corrected chi connectivity index (χ3v) is 31.3. The van der Waals surface area contributed by atoms with Crippen molar-refractivity contribution in [3.05, 3.63) is 281 Å². The minimum atomic E-state index is -0.488. The van der Waals surface area contributed by atoms with E-state index in [2.05, 4.69) is 336 Å². The molecule has 0 aromatic heterocycles. The Morgan fingerprint density at radius 3 is 0.553 bits per heavy atom. The topological polar surface area (TPSA) is 0 Å². The van der Waals surface area contributed by atoms with E-state index in [9.17, 15) is 0 Å². The Kier molecular flexibility index (Phi) is 30.1. The maximum absolute atomic E-state index is 2.33. The number of hydrogen-bond acceptors (Lipinski definition) is 0. The van der Waals surface area contributed by atoms with Crippen LogP contribution in [-0.4, -0.2) is 10.9 Å². The van der Waals surface area contributed by atoms with Crippen LogP contribution in [0.15, 0.2) is 170 Å². The fraction of sp³-hybridized carbons (Fsp3) is 0.318. The SMILES string of the molecule is Cc1[cH-]c2c(C)ccc(C(C)C)c2c1C.Cc1[cH-]c2c(C)ccc(C(C)C)c2c1C.Cc1[cH-]c2c(C)ccc(C(C)C)c2c1C.Cc1[cH-]c2c(C)ccc(C(C)C)c2c1C.Cc1ccc([Si](=[Zr+2])c2ccc(C)cc2)cc1.Cc1ccc([Si](=[Zr+2])c2ccc(C)cc2)cc1.[Cl-].[Cl-]. The molecule has 0 saturated heterocycles. The van der Waals surface area contributed by atoms with Crippen LogP contribution in [0.1, 0.15) is 190 Å². The molecule has 488 valence electrons. The van der Waals surface area contributed by atoms with Gasteiger partial charge in [0, 0.05) is 0 Å². The smallest absolute Gasteiger partial charge is 1.00 e. The maximum Gasteiger partial charge on any atom is -1.00 e. The van der Waals surface area contributed by atoms with Crippen LogP contribution in [0.25, 0.3) is 43.1 Å². The molecule has 0 fully saturated rings. The van der Waals surface area contributed by atoms with Gasteiger partial charge in [0.05, 0.1) is 0 Å². The molecule has 12 rings (SSSR count). The molecule has 0 aliphatic heterocycles. The second-order valence-electron chi connectivity index (χ2n) is 27.7. The van der Waals surface area contributed by atoms with Crippen LogP contribution in [0.4, 0.5) is 0 Å². The molecule has 0 amide bonds. The quantitative estimate of drug-likeness (QED) is 0.105. The molecule has 0 aliphatic carbocycles. The van der Waals surface area contributed by atoms with Crippen molar-refractivity contribution < 1.29 is 71.5 Å². The first-order valence-electron chi connectivity index (χ1n) is 33.5. The van der Waals surface area contributed by atoms with Crippen molar-refractivity contribution >= 4 is 74.7 Å². The number of hydrogen-bond donors (Lipinski definition) is 0. The van der Waals surface area contributed by atoms with Gasteiger partial charge in [-0.2, -0.15) is 22.3 Å². The summed E-state index contributed by atoms with van der Waals surface area (Å²) >= 11 is 3.30. The van der Waals surface area contributed by atoms with Crippen LogP contribution in [0.2, 0.25) is 0 Å². The zero-order valence-corrected chi connectivity index (χ0v) is 69.7. The Labute approximate surface area is 611 Å². The Hall–Kier alpha value is -5.02. The summed E-state index contributed by atoms with van der Waals surface area (Å²) in [5.41, 5.74) is 27.4. The molecule has 0 heterocycles. The van der Waals surface area contributed by atoms with Gasteiger partial charge in [-0.05, 0) is 23.7 Å². The fourth-order valence-electron chi connectivity index (χ4n) is 12.6. The van der Waals surface area contributed by atoms with Crippen molar-refractivity contribution in [2.75, 3.05) is 0 Å². The van der Waals surface area contributed by atoms with E-state index < -0.39 is 10.9 Å². The molecule has 0 saturated carbocycles. The third kappa shape index (κ3) is 19.2. The first-order valence-corrected chi connectivity index (χ1v) is 43.9. The van der Waals surface area contributed by atoms with Gasteiger partial charge >= 0.3 is 225 Å². The predicted molar refractivity (Wildman–Crippen MR) is 406 cm³/mol. The van der Waals surface area contributed by atoms with E-state index >= 15 is 0 Å². The third-order valence-electron chi connectivity index (χ3n) is 19.1. The van der Waals surface area contributed by atoms with E-state index in [4.69, 9.17) is 0 Å². The standard InChI is InChI=1S/4C15H19.2C14H14Si.2ClH.2Zr/c4*1-9(2)13-7-6-10(3)14-8-11(4)12(5)15(13)14;2*1-11-3-7-13(8-4-11)15-14-9-5-12(2)6-10-14;;;;/h4*6-9H,1-5H3;2*3-10H,1-2H3;2*1H;;/q4*-1;;;;;2*+2/p-2. The molecule has 6 heteroatoms. The van der Waals surface area contributed by atoms with Crippen molar-refractivity contribution in [2.45, 2.75) is 190 Å². The van der Waals surface area contributed by atoms with Crippen molar-refractivity contribution in [2.24, 2.45) is 0 Å². The first kappa shape index (κ1) is 79.7. The van der Waals surface area contributed by atoms with Crippen molar-refractivity contribution in [1.82, 2.24) is 0 Å². The Morgan fingerprint density at radius 1 is 0.245 bits per heavy atom. The van der Waals surface area contributed by atoms with E-state index in [0.717, 1.165) is 0 Å². The zero-order chi connectivity index (χ0) is 67.7. The summed E-state index contributed by atoms with van der Waals surface area (Å²) in [6, 6.07) is 63.5. The molecule has 0 aliphatic rings. The summed E-state index contributed by atoms with van der Waals surface area (Å²) in [6.45, 7) is 53.3. The molecule has 0 unspecified atom stereocenters. The van der Waals surface area contributed by atoms with E-state index in [1.54, 1.807) is 46.7 Å². The fourth-order valence-corrected chi connectivity index (χ4v) is 20.2. The molecule has 0 nitrogen and oxygen atoms in total. The van der Waals surface area contributed by atoms with Gasteiger partial charge in [-0.3, -0.25) is 0 Å². The molecule has 0 bridgehead atoms. The van der Waals surface area contributed by atoms with Gasteiger partial charge < -0.3 is 24.8 Å². The van der Waals surface area contributed by atoms with Crippen LogP contribution < -0.4 is 45.6 Å². The molecule has 0 radical (unpaired) electrons. The van der Waals surface area contributed by atoms with Crippen LogP contribution >= 0.6 is 0 Å². The summed E-state index contributed by atoms with van der Waals surface area (Å²) in [7, 11) is 0. The number of benzene rings is 8. The summed E-state index contributed by atoms with van der Waals surface area (Å²) in [5, 5.41) is 17.8. The first-order chi connectivity index (χ1) is 43.4. The second-order valence-corrected chi connectivity index (χ2v) is 38.9. The molecular weight excluding hydrogens is 1370 g/mol. The van der Waals surface area contributed by atoms with Crippen molar-refractivity contribution in [3.8, 4) is 0 Å². The zero-order valence-electron chi connectivity index (χ0n) is 61.2. The molecule has 0 spiro atoms. The maximum atomic E-state index is 2.33. The van der Waals surface area contributed by atoms with Crippen LogP contribution in [-0.2, 0) is 46.7 Å². The van der Waals surface area contributed by atoms with Crippen LogP contribution in [0.3, 0.4) is 0 Å². The van der Waals surface area contributed by atoms with E-state index in [0.29, 0.717) is 23.7 Å². The number of halogens is 2. The normalized spacial score (nSPS) is 10.9. The molecule has 12 aromatic carbocycles. The average Bonchev–Trinajstić information content (AvgIpc) is 1.65. The van der Waals surface area contributed by atoms with Crippen LogP contribution in [0, 0.1) is 111 Å². The molecule has 0 atom stereocenters. The molecule has 12 aromatic rings. The number of rotatable bonds is 8. The summed E-state index contributed by atoms with van der Waals surface area (Å²) in [6.07, 6.45) is 0. The summed E-state index contributed by atoms with van der Waals surface area (Å²) < 4.78 is 0. The molecule has 0 N–H and O–H groups in total. The monoisotopic (exact) mass is 1470 g/mol. The van der Waals surface area contributed by atoms with Gasteiger partial charge in [0.25, 0.3) is 0 Å². The van der Waals surface area contributed by atoms with Gasteiger partial charge in [0.1, 0.15) is 0 Å². The van der Waals surface area contributed by atoms with Gasteiger partial charge in [-0.15, -0.1) is 136 Å². The number of aryl methyl sites for hydroxylation is 16. The van der Waals surface area contributed by atoms with E-state index in [1.165, 1.54) is 175 Å². The summed E-state index contributed by atoms with van der Waals surface area (Å²) in [5.74, 6) is 2.42. The van der Waals surface area contributed by atoms with Crippen LogP contribution in [0.5, 0.6) is 0 Å². The number of fused-ring (bicyclic) bond motifs is 4. The van der Waals surface area contributed by atoms with E-state index in [1.807, 2.05) is 0 Å². The second kappa shape index (κ2) is 35.5. The van der Waals surface area contributed by atoms with Gasteiger partial charge in [0.15, 0.2) is 0 Å². The Balaban J connectivity index is 0.000000204. The van der Waals surface area contributed by atoms with Crippen molar-refractivity contribution in [3.63, 3.8) is 0 Å². The van der Waals surface area contributed by atoms with E-state index in [-0.39, 0.29) is 24.8 Å². The average molecular weight is 1470 g/mol. The minimum absolute atomic E-state index is 0. The van der Waals surface area contributed by atoms with Crippen molar-refractivity contribution in [1.29, 1.82) is 0 Å². The van der Waals surface area contributed by atoms with Gasteiger partial charge in [-0.1, -0.05) is 185 Å².